The van der Waals surface area contributed by atoms with Crippen LogP contribution < -0.4 is 5.32 Å². The largest absolute Gasteiger partial charge is 0.369 e. The molecule has 1 aromatic heterocycles. The summed E-state index contributed by atoms with van der Waals surface area (Å²) in [6.45, 7) is 9.44. The lowest BCUT2D eigenvalue weighted by atomic mass is 9.95. The standard InChI is InChI=1S/C17H22BrN3/c1-5-11-19-15-13(18)14(12-9-7-6-8-10-12)20-16(21-15)17(2,3)4/h6-10H,5,11H2,1-4H3,(H,19,20,21). The second kappa shape index (κ2) is 6.56. The molecule has 0 unspecified atom stereocenters. The van der Waals surface area contributed by atoms with Crippen molar-refractivity contribution in [3.05, 3.63) is 40.6 Å². The van der Waals surface area contributed by atoms with Crippen molar-refractivity contribution in [1.82, 2.24) is 9.97 Å². The van der Waals surface area contributed by atoms with Crippen LogP contribution in [0.5, 0.6) is 0 Å². The lowest BCUT2D eigenvalue weighted by Gasteiger charge is -2.20. The van der Waals surface area contributed by atoms with Gasteiger partial charge < -0.3 is 5.32 Å². The number of halogens is 1. The summed E-state index contributed by atoms with van der Waals surface area (Å²) < 4.78 is 0.926. The van der Waals surface area contributed by atoms with E-state index in [0.29, 0.717) is 0 Å². The van der Waals surface area contributed by atoms with Crippen molar-refractivity contribution < 1.29 is 0 Å². The molecule has 3 nitrogen and oxygen atoms in total. The first kappa shape index (κ1) is 16.0. The van der Waals surface area contributed by atoms with Crippen LogP contribution in [0.2, 0.25) is 0 Å². The Balaban J connectivity index is 2.58. The third-order valence-electron chi connectivity index (χ3n) is 3.11. The van der Waals surface area contributed by atoms with E-state index in [-0.39, 0.29) is 5.41 Å². The van der Waals surface area contributed by atoms with Crippen molar-refractivity contribution in [3.63, 3.8) is 0 Å². The van der Waals surface area contributed by atoms with E-state index < -0.39 is 0 Å². The van der Waals surface area contributed by atoms with E-state index in [4.69, 9.17) is 9.97 Å². The summed E-state index contributed by atoms with van der Waals surface area (Å²) in [6.07, 6.45) is 1.06. The summed E-state index contributed by atoms with van der Waals surface area (Å²) >= 11 is 3.66. The first-order valence-corrected chi connectivity index (χ1v) is 8.10. The van der Waals surface area contributed by atoms with Crippen LogP contribution in [0, 0.1) is 0 Å². The van der Waals surface area contributed by atoms with Crippen LogP contribution in [0.1, 0.15) is 39.9 Å². The first-order valence-electron chi connectivity index (χ1n) is 7.30. The summed E-state index contributed by atoms with van der Waals surface area (Å²) in [5, 5.41) is 3.39. The van der Waals surface area contributed by atoms with E-state index in [0.717, 1.165) is 40.3 Å². The third-order valence-corrected chi connectivity index (χ3v) is 3.86. The van der Waals surface area contributed by atoms with Crippen molar-refractivity contribution >= 4 is 21.7 Å². The van der Waals surface area contributed by atoms with E-state index in [1.54, 1.807) is 0 Å². The zero-order valence-corrected chi connectivity index (χ0v) is 14.7. The number of hydrogen-bond acceptors (Lipinski definition) is 3. The maximum absolute atomic E-state index is 4.78. The molecule has 0 bridgehead atoms. The van der Waals surface area contributed by atoms with Crippen molar-refractivity contribution in [2.45, 2.75) is 39.5 Å². The van der Waals surface area contributed by atoms with E-state index in [1.165, 1.54) is 0 Å². The number of anilines is 1. The Hall–Kier alpha value is -1.42. The van der Waals surface area contributed by atoms with E-state index in [2.05, 4.69) is 61.1 Å². The molecule has 1 N–H and O–H groups in total. The van der Waals surface area contributed by atoms with Gasteiger partial charge in [-0.1, -0.05) is 58.0 Å². The van der Waals surface area contributed by atoms with Crippen molar-refractivity contribution in [1.29, 1.82) is 0 Å². The van der Waals surface area contributed by atoms with Crippen LogP contribution in [-0.4, -0.2) is 16.5 Å². The molecule has 0 radical (unpaired) electrons. The molecule has 112 valence electrons. The molecule has 2 aromatic rings. The van der Waals surface area contributed by atoms with Crippen LogP contribution in [-0.2, 0) is 5.41 Å². The smallest absolute Gasteiger partial charge is 0.144 e. The molecule has 0 saturated carbocycles. The normalized spacial score (nSPS) is 11.5. The van der Waals surface area contributed by atoms with E-state index in [9.17, 15) is 0 Å². The Morgan fingerprint density at radius 2 is 1.76 bits per heavy atom. The second-order valence-electron chi connectivity index (χ2n) is 6.10. The van der Waals surface area contributed by atoms with Crippen molar-refractivity contribution in [2.24, 2.45) is 0 Å². The monoisotopic (exact) mass is 347 g/mol. The molecule has 1 aromatic carbocycles. The molecule has 0 aliphatic rings. The van der Waals surface area contributed by atoms with Gasteiger partial charge in [0.2, 0.25) is 0 Å². The van der Waals surface area contributed by atoms with Gasteiger partial charge in [-0.15, -0.1) is 0 Å². The summed E-state index contributed by atoms with van der Waals surface area (Å²) in [6, 6.07) is 10.2. The zero-order chi connectivity index (χ0) is 15.5. The average molecular weight is 348 g/mol. The van der Waals surface area contributed by atoms with Gasteiger partial charge in [0.05, 0.1) is 10.2 Å². The van der Waals surface area contributed by atoms with Crippen LogP contribution in [0.15, 0.2) is 34.8 Å². The molecule has 0 amide bonds. The number of nitrogens with one attached hydrogen (secondary N) is 1. The molecule has 2 rings (SSSR count). The van der Waals surface area contributed by atoms with Crippen LogP contribution in [0.25, 0.3) is 11.3 Å². The van der Waals surface area contributed by atoms with Crippen molar-refractivity contribution in [3.8, 4) is 11.3 Å². The zero-order valence-electron chi connectivity index (χ0n) is 13.1. The fourth-order valence-corrected chi connectivity index (χ4v) is 2.48. The lowest BCUT2D eigenvalue weighted by Crippen LogP contribution is -2.18. The number of aromatic nitrogens is 2. The van der Waals surface area contributed by atoms with Gasteiger partial charge in [0, 0.05) is 17.5 Å². The molecule has 4 heteroatoms. The van der Waals surface area contributed by atoms with Gasteiger partial charge in [0.1, 0.15) is 11.6 Å². The molecule has 0 spiro atoms. The van der Waals surface area contributed by atoms with Gasteiger partial charge in [-0.05, 0) is 22.4 Å². The predicted molar refractivity (Wildman–Crippen MR) is 92.6 cm³/mol. The topological polar surface area (TPSA) is 37.8 Å². The average Bonchev–Trinajstić information content (AvgIpc) is 2.46. The lowest BCUT2D eigenvalue weighted by molar-refractivity contribution is 0.546. The SMILES string of the molecule is CCCNc1nc(C(C)(C)C)nc(-c2ccccc2)c1Br. The third kappa shape index (κ3) is 3.82. The molecular weight excluding hydrogens is 326 g/mol. The molecule has 0 saturated heterocycles. The van der Waals surface area contributed by atoms with Gasteiger partial charge >= 0.3 is 0 Å². The fraction of sp³-hybridized carbons (Fsp3) is 0.412. The summed E-state index contributed by atoms with van der Waals surface area (Å²) in [4.78, 5) is 9.48. The minimum atomic E-state index is -0.0904. The first-order chi connectivity index (χ1) is 9.93. The van der Waals surface area contributed by atoms with Crippen molar-refractivity contribution in [2.75, 3.05) is 11.9 Å². The molecule has 1 heterocycles. The predicted octanol–water partition coefficient (Wildman–Crippen LogP) is 5.03. The summed E-state index contributed by atoms with van der Waals surface area (Å²) in [5.74, 6) is 1.72. The minimum Gasteiger partial charge on any atom is -0.369 e. The van der Waals surface area contributed by atoms with E-state index in [1.807, 2.05) is 18.2 Å². The van der Waals surface area contributed by atoms with Crippen LogP contribution in [0.4, 0.5) is 5.82 Å². The molecule has 0 aliphatic carbocycles. The highest BCUT2D eigenvalue weighted by atomic mass is 79.9. The minimum absolute atomic E-state index is 0.0904. The Morgan fingerprint density at radius 3 is 2.33 bits per heavy atom. The highest BCUT2D eigenvalue weighted by Crippen LogP contribution is 2.34. The number of nitrogens with zero attached hydrogens (tertiary/aromatic N) is 2. The Labute approximate surface area is 135 Å². The quantitative estimate of drug-likeness (QED) is 0.842. The van der Waals surface area contributed by atoms with Crippen LogP contribution in [0.3, 0.4) is 0 Å². The maximum Gasteiger partial charge on any atom is 0.144 e. The number of benzene rings is 1. The molecular formula is C17H22BrN3. The van der Waals surface area contributed by atoms with Gasteiger partial charge in [0.25, 0.3) is 0 Å². The van der Waals surface area contributed by atoms with Gasteiger partial charge in [-0.25, -0.2) is 9.97 Å². The number of rotatable bonds is 4. The molecule has 0 atom stereocenters. The Bertz CT molecular complexity index is 603. The maximum atomic E-state index is 4.78. The van der Waals surface area contributed by atoms with E-state index >= 15 is 0 Å². The Kier molecular flexibility index (Phi) is 4.99. The van der Waals surface area contributed by atoms with Gasteiger partial charge in [-0.2, -0.15) is 0 Å². The summed E-state index contributed by atoms with van der Waals surface area (Å²) in [7, 11) is 0. The summed E-state index contributed by atoms with van der Waals surface area (Å²) in [5.41, 5.74) is 1.94. The molecule has 0 fully saturated rings. The molecule has 21 heavy (non-hydrogen) atoms. The fourth-order valence-electron chi connectivity index (χ4n) is 1.93. The van der Waals surface area contributed by atoms with Gasteiger partial charge in [0.15, 0.2) is 0 Å². The molecule has 0 aliphatic heterocycles. The Morgan fingerprint density at radius 1 is 1.10 bits per heavy atom. The highest BCUT2D eigenvalue weighted by molar-refractivity contribution is 9.10. The highest BCUT2D eigenvalue weighted by Gasteiger charge is 2.22. The van der Waals surface area contributed by atoms with Crippen LogP contribution >= 0.6 is 15.9 Å². The van der Waals surface area contributed by atoms with Gasteiger partial charge in [-0.3, -0.25) is 0 Å². The second-order valence-corrected chi connectivity index (χ2v) is 6.89. The number of hydrogen-bond donors (Lipinski definition) is 1.